The van der Waals surface area contributed by atoms with Gasteiger partial charge in [-0.3, -0.25) is 0 Å². The van der Waals surface area contributed by atoms with Crippen LogP contribution in [0, 0.1) is 5.92 Å². The van der Waals surface area contributed by atoms with Crippen LogP contribution in [0.5, 0.6) is 5.75 Å². The van der Waals surface area contributed by atoms with Crippen molar-refractivity contribution in [1.82, 2.24) is 5.32 Å². The van der Waals surface area contributed by atoms with E-state index in [0.29, 0.717) is 18.5 Å². The third kappa shape index (κ3) is 4.16. The molecule has 1 aliphatic carbocycles. The molecule has 0 spiro atoms. The molecule has 0 aliphatic heterocycles. The number of benzene rings is 1. The largest absolute Gasteiger partial charge is 0.434 e. The minimum Gasteiger partial charge on any atom is -0.434 e. The van der Waals surface area contributed by atoms with E-state index in [4.69, 9.17) is 0 Å². The second-order valence-corrected chi connectivity index (χ2v) is 5.20. The molecule has 1 fully saturated rings. The van der Waals surface area contributed by atoms with Crippen molar-refractivity contribution in [2.75, 3.05) is 0 Å². The molecule has 0 heterocycles. The minimum atomic E-state index is -2.77. The summed E-state index contributed by atoms with van der Waals surface area (Å²) in [6, 6.07) is 7.38. The van der Waals surface area contributed by atoms with Crippen LogP contribution in [0.1, 0.15) is 38.2 Å². The molecule has 0 bridgehead atoms. The first-order valence-electron chi connectivity index (χ1n) is 6.93. The fourth-order valence-corrected chi connectivity index (χ4v) is 2.76. The molecule has 4 heteroatoms. The van der Waals surface area contributed by atoms with Gasteiger partial charge in [-0.1, -0.05) is 31.0 Å². The van der Waals surface area contributed by atoms with Crippen LogP contribution in [0.25, 0.3) is 0 Å². The highest BCUT2D eigenvalue weighted by molar-refractivity contribution is 5.33. The van der Waals surface area contributed by atoms with Gasteiger partial charge in [0.25, 0.3) is 0 Å². The maximum absolute atomic E-state index is 12.3. The van der Waals surface area contributed by atoms with Gasteiger partial charge >= 0.3 is 6.61 Å². The predicted octanol–water partition coefficient (Wildman–Crippen LogP) is 3.96. The lowest BCUT2D eigenvalue weighted by Gasteiger charge is -2.21. The summed E-state index contributed by atoms with van der Waals surface area (Å²) in [4.78, 5) is 0. The molecule has 1 N–H and O–H groups in total. The minimum absolute atomic E-state index is 0.267. The zero-order chi connectivity index (χ0) is 13.7. The van der Waals surface area contributed by atoms with Gasteiger partial charge < -0.3 is 10.1 Å². The molecule has 106 valence electrons. The first-order chi connectivity index (χ1) is 9.16. The number of nitrogens with one attached hydrogen (secondary N) is 1. The standard InChI is InChI=1S/C15H21F2NO/c1-11(12-6-2-3-7-12)18-10-13-8-4-5-9-14(13)19-15(16)17/h4-5,8-9,11-12,15,18H,2-3,6-7,10H2,1H3/t11-/m0/s1. The van der Waals surface area contributed by atoms with Crippen molar-refractivity contribution in [3.63, 3.8) is 0 Å². The van der Waals surface area contributed by atoms with E-state index < -0.39 is 6.61 Å². The highest BCUT2D eigenvalue weighted by atomic mass is 19.3. The van der Waals surface area contributed by atoms with Crippen molar-refractivity contribution in [3.05, 3.63) is 29.8 Å². The Labute approximate surface area is 113 Å². The number of ether oxygens (including phenoxy) is 1. The van der Waals surface area contributed by atoms with Gasteiger partial charge in [0.15, 0.2) is 0 Å². The molecule has 1 saturated carbocycles. The van der Waals surface area contributed by atoms with Gasteiger partial charge in [0.1, 0.15) is 5.75 Å². The number of para-hydroxylation sites is 1. The molecule has 1 aromatic rings. The van der Waals surface area contributed by atoms with Gasteiger partial charge in [0, 0.05) is 18.2 Å². The van der Waals surface area contributed by atoms with E-state index >= 15 is 0 Å². The smallest absolute Gasteiger partial charge is 0.387 e. The molecular formula is C15H21F2NO. The average molecular weight is 269 g/mol. The first kappa shape index (κ1) is 14.3. The monoisotopic (exact) mass is 269 g/mol. The highest BCUT2D eigenvalue weighted by Crippen LogP contribution is 2.28. The maximum Gasteiger partial charge on any atom is 0.387 e. The highest BCUT2D eigenvalue weighted by Gasteiger charge is 2.21. The molecule has 0 radical (unpaired) electrons. The predicted molar refractivity (Wildman–Crippen MR) is 71.3 cm³/mol. The van der Waals surface area contributed by atoms with Crippen LogP contribution in [-0.4, -0.2) is 12.7 Å². The molecule has 1 atom stereocenters. The van der Waals surface area contributed by atoms with Gasteiger partial charge in [-0.25, -0.2) is 0 Å². The van der Waals surface area contributed by atoms with Crippen LogP contribution < -0.4 is 10.1 Å². The van der Waals surface area contributed by atoms with Gasteiger partial charge in [-0.05, 0) is 31.7 Å². The van der Waals surface area contributed by atoms with Crippen LogP contribution in [0.2, 0.25) is 0 Å². The molecule has 2 rings (SSSR count). The summed E-state index contributed by atoms with van der Waals surface area (Å²) in [5.41, 5.74) is 0.785. The van der Waals surface area contributed by atoms with E-state index in [1.807, 2.05) is 12.1 Å². The molecule has 0 amide bonds. The fraction of sp³-hybridized carbons (Fsp3) is 0.600. The number of hydrogen-bond acceptors (Lipinski definition) is 2. The third-order valence-electron chi connectivity index (χ3n) is 3.91. The summed E-state index contributed by atoms with van der Waals surface area (Å²) >= 11 is 0. The van der Waals surface area contributed by atoms with Crippen molar-refractivity contribution < 1.29 is 13.5 Å². The lowest BCUT2D eigenvalue weighted by Crippen LogP contribution is -2.31. The summed E-state index contributed by atoms with van der Waals surface area (Å²) in [5.74, 6) is 0.979. The van der Waals surface area contributed by atoms with Crippen LogP contribution in [0.3, 0.4) is 0 Å². The van der Waals surface area contributed by atoms with E-state index in [2.05, 4.69) is 17.0 Å². The number of alkyl halides is 2. The van der Waals surface area contributed by atoms with E-state index in [0.717, 1.165) is 5.56 Å². The van der Waals surface area contributed by atoms with Crippen molar-refractivity contribution in [2.24, 2.45) is 5.92 Å². The Morgan fingerprint density at radius 1 is 1.26 bits per heavy atom. The summed E-state index contributed by atoms with van der Waals surface area (Å²) < 4.78 is 29.1. The Morgan fingerprint density at radius 3 is 2.63 bits per heavy atom. The number of halogens is 2. The Bertz CT molecular complexity index is 391. The zero-order valence-electron chi connectivity index (χ0n) is 11.2. The van der Waals surface area contributed by atoms with Gasteiger partial charge in [-0.2, -0.15) is 8.78 Å². The zero-order valence-corrected chi connectivity index (χ0v) is 11.2. The van der Waals surface area contributed by atoms with Crippen molar-refractivity contribution in [3.8, 4) is 5.75 Å². The van der Waals surface area contributed by atoms with Crippen LogP contribution in [0.4, 0.5) is 8.78 Å². The topological polar surface area (TPSA) is 21.3 Å². The normalized spacial score (nSPS) is 17.9. The number of rotatable bonds is 6. The molecule has 0 saturated heterocycles. The third-order valence-corrected chi connectivity index (χ3v) is 3.91. The van der Waals surface area contributed by atoms with Crippen molar-refractivity contribution >= 4 is 0 Å². The van der Waals surface area contributed by atoms with E-state index in [-0.39, 0.29) is 5.75 Å². The Morgan fingerprint density at radius 2 is 1.95 bits per heavy atom. The van der Waals surface area contributed by atoms with E-state index in [1.54, 1.807) is 12.1 Å². The van der Waals surface area contributed by atoms with Crippen LogP contribution >= 0.6 is 0 Å². The molecule has 0 aromatic heterocycles. The Balaban J connectivity index is 1.91. The van der Waals surface area contributed by atoms with Gasteiger partial charge in [-0.15, -0.1) is 0 Å². The summed E-state index contributed by atoms with van der Waals surface area (Å²) in [7, 11) is 0. The molecule has 19 heavy (non-hydrogen) atoms. The second-order valence-electron chi connectivity index (χ2n) is 5.20. The SMILES string of the molecule is C[C@H](NCc1ccccc1OC(F)F)C1CCCC1. The van der Waals surface area contributed by atoms with Crippen molar-refractivity contribution in [2.45, 2.75) is 51.8 Å². The van der Waals surface area contributed by atoms with Crippen molar-refractivity contribution in [1.29, 1.82) is 0 Å². The van der Waals surface area contributed by atoms with Crippen LogP contribution in [-0.2, 0) is 6.54 Å². The second kappa shape index (κ2) is 6.85. The molecule has 1 aromatic carbocycles. The Kier molecular flexibility index (Phi) is 5.14. The lowest BCUT2D eigenvalue weighted by molar-refractivity contribution is -0.0505. The fourth-order valence-electron chi connectivity index (χ4n) is 2.76. The quantitative estimate of drug-likeness (QED) is 0.844. The molecule has 0 unspecified atom stereocenters. The maximum atomic E-state index is 12.3. The van der Waals surface area contributed by atoms with Gasteiger partial charge in [0.05, 0.1) is 0 Å². The summed E-state index contributed by atoms with van der Waals surface area (Å²) in [6.07, 6.45) is 5.15. The first-order valence-corrected chi connectivity index (χ1v) is 6.93. The number of hydrogen-bond donors (Lipinski definition) is 1. The lowest BCUT2D eigenvalue weighted by atomic mass is 9.99. The summed E-state index contributed by atoms with van der Waals surface area (Å²) in [6.45, 7) is -0.0268. The van der Waals surface area contributed by atoms with Crippen LogP contribution in [0.15, 0.2) is 24.3 Å². The molecule has 2 nitrogen and oxygen atoms in total. The molecular weight excluding hydrogens is 248 g/mol. The Hall–Kier alpha value is -1.16. The summed E-state index contributed by atoms with van der Waals surface area (Å²) in [5, 5.41) is 3.43. The average Bonchev–Trinajstić information content (AvgIpc) is 2.90. The molecule has 1 aliphatic rings. The van der Waals surface area contributed by atoms with E-state index in [9.17, 15) is 8.78 Å². The van der Waals surface area contributed by atoms with Gasteiger partial charge in [0.2, 0.25) is 0 Å². The van der Waals surface area contributed by atoms with E-state index in [1.165, 1.54) is 25.7 Å².